The van der Waals surface area contributed by atoms with Gasteiger partial charge in [0, 0.05) is 25.2 Å². The Bertz CT molecular complexity index is 1490. The third kappa shape index (κ3) is 7.50. The van der Waals surface area contributed by atoms with Crippen LogP contribution in [0.4, 0.5) is 11.4 Å². The predicted molar refractivity (Wildman–Crippen MR) is 154 cm³/mol. The number of amides is 2. The minimum Gasteiger partial charge on any atom is -0.354 e. The lowest BCUT2D eigenvalue weighted by molar-refractivity contribution is -0.384. The van der Waals surface area contributed by atoms with Gasteiger partial charge in [-0.3, -0.25) is 24.0 Å². The fourth-order valence-electron chi connectivity index (χ4n) is 3.82. The van der Waals surface area contributed by atoms with Crippen molar-refractivity contribution in [3.05, 3.63) is 98.5 Å². The fourth-order valence-corrected chi connectivity index (χ4v) is 5.57. The number of nitro benzene ring substituents is 1. The van der Waals surface area contributed by atoms with Crippen LogP contribution in [0, 0.1) is 10.1 Å². The van der Waals surface area contributed by atoms with Gasteiger partial charge in [-0.2, -0.15) is 0 Å². The van der Waals surface area contributed by atoms with Crippen molar-refractivity contribution in [2.45, 2.75) is 37.8 Å². The van der Waals surface area contributed by atoms with E-state index in [0.717, 1.165) is 10.4 Å². The van der Waals surface area contributed by atoms with Gasteiger partial charge in [-0.05, 0) is 49.2 Å². The normalized spacial score (nSPS) is 11.9. The van der Waals surface area contributed by atoms with E-state index in [0.29, 0.717) is 23.6 Å². The number of non-ortho nitro benzene ring substituents is 1. The predicted octanol–water partition coefficient (Wildman–Crippen LogP) is 5.04. The summed E-state index contributed by atoms with van der Waals surface area (Å²) in [6.45, 7) is 2.99. The number of hydrogen-bond donors (Lipinski definition) is 1. The van der Waals surface area contributed by atoms with Crippen LogP contribution in [0.2, 0.25) is 10.0 Å². The number of benzene rings is 3. The highest BCUT2D eigenvalue weighted by Gasteiger charge is 2.33. The maximum Gasteiger partial charge on any atom is 0.271 e. The molecular formula is C27H28Cl2N4O6S. The molecule has 0 aliphatic rings. The van der Waals surface area contributed by atoms with Gasteiger partial charge in [-0.15, -0.1) is 0 Å². The summed E-state index contributed by atoms with van der Waals surface area (Å²) >= 11 is 12.2. The van der Waals surface area contributed by atoms with Gasteiger partial charge in [0.15, 0.2) is 0 Å². The maximum absolute atomic E-state index is 13.8. The number of hydrogen-bond acceptors (Lipinski definition) is 6. The molecule has 3 aromatic rings. The summed E-state index contributed by atoms with van der Waals surface area (Å²) in [5, 5.41) is 14.7. The summed E-state index contributed by atoms with van der Waals surface area (Å²) in [5.74, 6) is -1.14. The topological polar surface area (TPSA) is 130 Å². The summed E-state index contributed by atoms with van der Waals surface area (Å²) in [7, 11) is -4.35. The van der Waals surface area contributed by atoms with Gasteiger partial charge in [0.1, 0.15) is 12.6 Å². The first-order chi connectivity index (χ1) is 18.9. The van der Waals surface area contributed by atoms with E-state index in [2.05, 4.69) is 5.32 Å². The van der Waals surface area contributed by atoms with Crippen LogP contribution in [0.1, 0.15) is 25.8 Å². The summed E-state index contributed by atoms with van der Waals surface area (Å²) < 4.78 is 28.3. The average molecular weight is 608 g/mol. The second-order valence-electron chi connectivity index (χ2n) is 8.84. The number of rotatable bonds is 12. The van der Waals surface area contributed by atoms with Crippen LogP contribution in [-0.4, -0.2) is 49.2 Å². The number of nitrogens with zero attached hydrogens (tertiary/aromatic N) is 3. The van der Waals surface area contributed by atoms with E-state index in [1.807, 2.05) is 6.92 Å². The molecule has 0 aliphatic heterocycles. The third-order valence-electron chi connectivity index (χ3n) is 5.99. The Morgan fingerprint density at radius 1 is 1.00 bits per heavy atom. The lowest BCUT2D eigenvalue weighted by Crippen LogP contribution is -2.51. The highest BCUT2D eigenvalue weighted by molar-refractivity contribution is 7.92. The largest absolute Gasteiger partial charge is 0.354 e. The molecule has 212 valence electrons. The molecule has 0 fully saturated rings. The molecule has 0 spiro atoms. The summed E-state index contributed by atoms with van der Waals surface area (Å²) in [6.07, 6.45) is 0.676. The molecule has 40 heavy (non-hydrogen) atoms. The Balaban J connectivity index is 2.06. The number of carbonyl (C=O) groups is 2. The zero-order valence-corrected chi connectivity index (χ0v) is 24.1. The zero-order valence-electron chi connectivity index (χ0n) is 21.8. The van der Waals surface area contributed by atoms with Crippen molar-refractivity contribution in [1.29, 1.82) is 0 Å². The van der Waals surface area contributed by atoms with Crippen LogP contribution in [0.15, 0.2) is 77.7 Å². The maximum atomic E-state index is 13.8. The minimum absolute atomic E-state index is 0.0788. The van der Waals surface area contributed by atoms with Crippen LogP contribution < -0.4 is 9.62 Å². The monoisotopic (exact) mass is 606 g/mol. The molecule has 3 rings (SSSR count). The lowest BCUT2D eigenvalue weighted by atomic mass is 10.1. The van der Waals surface area contributed by atoms with Gasteiger partial charge in [0.05, 0.1) is 25.6 Å². The number of halogens is 2. The van der Waals surface area contributed by atoms with Crippen molar-refractivity contribution < 1.29 is 22.9 Å². The van der Waals surface area contributed by atoms with Crippen molar-refractivity contribution in [3.8, 4) is 0 Å². The Hall–Kier alpha value is -3.67. The number of nitrogens with one attached hydrogen (secondary N) is 1. The Morgan fingerprint density at radius 2 is 1.70 bits per heavy atom. The van der Waals surface area contributed by atoms with Crippen LogP contribution in [0.25, 0.3) is 0 Å². The molecule has 1 atom stereocenters. The molecule has 0 bridgehead atoms. The number of anilines is 1. The van der Waals surface area contributed by atoms with Gasteiger partial charge < -0.3 is 10.2 Å². The van der Waals surface area contributed by atoms with Crippen molar-refractivity contribution in [2.75, 3.05) is 17.4 Å². The number of sulfonamides is 1. The van der Waals surface area contributed by atoms with E-state index in [1.54, 1.807) is 24.3 Å². The zero-order chi connectivity index (χ0) is 29.4. The molecule has 0 heterocycles. The second kappa shape index (κ2) is 13.6. The van der Waals surface area contributed by atoms with E-state index in [-0.39, 0.29) is 27.8 Å². The quantitative estimate of drug-likeness (QED) is 0.227. The van der Waals surface area contributed by atoms with Crippen molar-refractivity contribution in [2.24, 2.45) is 0 Å². The molecule has 2 amide bonds. The second-order valence-corrected chi connectivity index (χ2v) is 11.5. The van der Waals surface area contributed by atoms with Crippen molar-refractivity contribution >= 4 is 56.4 Å². The Morgan fingerprint density at radius 3 is 2.33 bits per heavy atom. The van der Waals surface area contributed by atoms with Crippen molar-refractivity contribution in [1.82, 2.24) is 10.2 Å². The first kappa shape index (κ1) is 30.9. The third-order valence-corrected chi connectivity index (χ3v) is 8.52. The number of nitro groups is 1. The van der Waals surface area contributed by atoms with E-state index in [4.69, 9.17) is 23.2 Å². The van der Waals surface area contributed by atoms with Crippen LogP contribution in [-0.2, 0) is 26.2 Å². The van der Waals surface area contributed by atoms with Gasteiger partial charge in [-0.1, -0.05) is 60.5 Å². The molecule has 3 aromatic carbocycles. The van der Waals surface area contributed by atoms with E-state index in [1.165, 1.54) is 54.3 Å². The summed E-state index contributed by atoms with van der Waals surface area (Å²) in [5.41, 5.74) is 0.132. The Kier molecular flexibility index (Phi) is 10.5. The van der Waals surface area contributed by atoms with Gasteiger partial charge in [0.2, 0.25) is 11.8 Å². The van der Waals surface area contributed by atoms with Crippen LogP contribution >= 0.6 is 23.2 Å². The Labute approximate surface area is 242 Å². The van der Waals surface area contributed by atoms with E-state index < -0.39 is 39.3 Å². The molecule has 10 nitrogen and oxygen atoms in total. The summed E-state index contributed by atoms with van der Waals surface area (Å²) in [4.78, 5) is 38.6. The first-order valence-corrected chi connectivity index (χ1v) is 14.5. The smallest absolute Gasteiger partial charge is 0.271 e. The SMILES string of the molecule is CCCNC(=O)[C@@H](C)N(Cc1ccc(Cl)c(Cl)c1)C(=O)CN(c1cccc([N+](=O)[O-])c1)S(=O)(=O)c1ccccc1. The molecule has 0 radical (unpaired) electrons. The standard InChI is InChI=1S/C27H28Cl2N4O6S/c1-3-14-30-27(35)19(2)31(17-20-12-13-24(28)25(29)15-20)26(34)18-32(21-8-7-9-22(16-21)33(36)37)40(38,39)23-10-5-4-6-11-23/h4-13,15-16,19H,3,14,17-18H2,1-2H3,(H,30,35)/t19-/m1/s1. The molecule has 0 saturated heterocycles. The van der Waals surface area contributed by atoms with Gasteiger partial charge >= 0.3 is 0 Å². The molecular weight excluding hydrogens is 579 g/mol. The van der Waals surface area contributed by atoms with Crippen LogP contribution in [0.5, 0.6) is 0 Å². The fraction of sp³-hybridized carbons (Fsp3) is 0.259. The first-order valence-electron chi connectivity index (χ1n) is 12.3. The molecule has 0 aromatic heterocycles. The number of carbonyl (C=O) groups excluding carboxylic acids is 2. The lowest BCUT2D eigenvalue weighted by Gasteiger charge is -2.32. The molecule has 0 aliphatic carbocycles. The van der Waals surface area contributed by atoms with Gasteiger partial charge in [-0.25, -0.2) is 8.42 Å². The average Bonchev–Trinajstić information content (AvgIpc) is 2.95. The minimum atomic E-state index is -4.35. The summed E-state index contributed by atoms with van der Waals surface area (Å²) in [6, 6.07) is 16.2. The highest BCUT2D eigenvalue weighted by Crippen LogP contribution is 2.28. The molecule has 1 N–H and O–H groups in total. The van der Waals surface area contributed by atoms with Crippen LogP contribution in [0.3, 0.4) is 0 Å². The molecule has 0 unspecified atom stereocenters. The van der Waals surface area contributed by atoms with E-state index in [9.17, 15) is 28.1 Å². The molecule has 0 saturated carbocycles. The van der Waals surface area contributed by atoms with Crippen molar-refractivity contribution in [3.63, 3.8) is 0 Å². The van der Waals surface area contributed by atoms with Gasteiger partial charge in [0.25, 0.3) is 15.7 Å². The molecule has 13 heteroatoms. The van der Waals surface area contributed by atoms with E-state index >= 15 is 0 Å². The highest BCUT2D eigenvalue weighted by atomic mass is 35.5.